The van der Waals surface area contributed by atoms with Crippen LogP contribution in [0.4, 0.5) is 5.69 Å². The monoisotopic (exact) mass is 322 g/mol. The molecule has 2 aliphatic rings. The Bertz CT molecular complexity index is 477. The number of hydrogen-bond donors (Lipinski definition) is 2. The zero-order valence-electron chi connectivity index (χ0n) is 10.9. The minimum absolute atomic E-state index is 0.0425. The highest BCUT2D eigenvalue weighted by molar-refractivity contribution is 9.10. The number of carbonyl (C=O) groups is 1. The van der Waals surface area contributed by atoms with Crippen LogP contribution in [-0.4, -0.2) is 18.5 Å². The van der Waals surface area contributed by atoms with E-state index in [0.717, 1.165) is 22.0 Å². The fourth-order valence-corrected chi connectivity index (χ4v) is 3.89. The zero-order chi connectivity index (χ0) is 13.2. The molecule has 0 spiro atoms. The Kier molecular flexibility index (Phi) is 3.89. The summed E-state index contributed by atoms with van der Waals surface area (Å²) < 4.78 is 0.978. The van der Waals surface area contributed by atoms with Crippen molar-refractivity contribution >= 4 is 27.5 Å². The molecule has 3 nitrogen and oxygen atoms in total. The fourth-order valence-electron chi connectivity index (χ4n) is 3.49. The second-order valence-corrected chi connectivity index (χ2v) is 6.64. The molecule has 3 atom stereocenters. The molecule has 19 heavy (non-hydrogen) atoms. The van der Waals surface area contributed by atoms with Crippen LogP contribution in [0.15, 0.2) is 28.7 Å². The van der Waals surface area contributed by atoms with Crippen molar-refractivity contribution in [2.45, 2.75) is 31.7 Å². The summed E-state index contributed by atoms with van der Waals surface area (Å²) in [4.78, 5) is 11.9. The molecule has 3 rings (SSSR count). The van der Waals surface area contributed by atoms with Crippen LogP contribution in [0.1, 0.15) is 25.7 Å². The predicted molar refractivity (Wildman–Crippen MR) is 80.0 cm³/mol. The normalized spacial score (nSPS) is 28.6. The molecule has 3 unspecified atom stereocenters. The zero-order valence-corrected chi connectivity index (χ0v) is 12.4. The Morgan fingerprint density at radius 1 is 1.32 bits per heavy atom. The highest BCUT2D eigenvalue weighted by atomic mass is 79.9. The SMILES string of the molecule is O=C(CNC1CC2CCC1C2)Nc1cccc(Br)c1. The minimum atomic E-state index is 0.0425. The molecule has 0 aliphatic heterocycles. The summed E-state index contributed by atoms with van der Waals surface area (Å²) in [7, 11) is 0. The Morgan fingerprint density at radius 2 is 2.21 bits per heavy atom. The Hall–Kier alpha value is -0.870. The molecular weight excluding hydrogens is 304 g/mol. The summed E-state index contributed by atoms with van der Waals surface area (Å²) in [6.45, 7) is 0.417. The van der Waals surface area contributed by atoms with Crippen LogP contribution in [0.5, 0.6) is 0 Å². The standard InChI is InChI=1S/C15H19BrN2O/c16-12-2-1-3-13(8-12)18-15(19)9-17-14-7-10-4-5-11(14)6-10/h1-3,8,10-11,14,17H,4-7,9H2,(H,18,19). The molecule has 2 N–H and O–H groups in total. The third-order valence-corrected chi connectivity index (χ3v) is 4.86. The minimum Gasteiger partial charge on any atom is -0.325 e. The number of hydrogen-bond acceptors (Lipinski definition) is 2. The summed E-state index contributed by atoms with van der Waals surface area (Å²) in [5.74, 6) is 1.76. The smallest absolute Gasteiger partial charge is 0.238 e. The molecule has 2 saturated carbocycles. The van der Waals surface area contributed by atoms with E-state index >= 15 is 0 Å². The molecule has 4 heteroatoms. The van der Waals surface area contributed by atoms with Crippen molar-refractivity contribution in [3.63, 3.8) is 0 Å². The second kappa shape index (κ2) is 5.63. The summed E-state index contributed by atoms with van der Waals surface area (Å²) in [5, 5.41) is 6.34. The number of rotatable bonds is 4. The Labute approximate surface area is 122 Å². The van der Waals surface area contributed by atoms with Crippen LogP contribution in [0, 0.1) is 11.8 Å². The first-order chi connectivity index (χ1) is 9.20. The van der Waals surface area contributed by atoms with E-state index in [1.54, 1.807) is 0 Å². The average Bonchev–Trinajstić information content (AvgIpc) is 2.98. The van der Waals surface area contributed by atoms with E-state index in [-0.39, 0.29) is 5.91 Å². The lowest BCUT2D eigenvalue weighted by atomic mass is 9.95. The number of carbonyl (C=O) groups excluding carboxylic acids is 1. The van der Waals surface area contributed by atoms with E-state index in [1.807, 2.05) is 24.3 Å². The van der Waals surface area contributed by atoms with Gasteiger partial charge in [0.05, 0.1) is 6.54 Å². The van der Waals surface area contributed by atoms with Crippen molar-refractivity contribution in [1.29, 1.82) is 0 Å². The van der Waals surface area contributed by atoms with Gasteiger partial charge in [0.15, 0.2) is 0 Å². The topological polar surface area (TPSA) is 41.1 Å². The number of benzene rings is 1. The van der Waals surface area contributed by atoms with Crippen LogP contribution >= 0.6 is 15.9 Å². The van der Waals surface area contributed by atoms with Gasteiger partial charge in [0.1, 0.15) is 0 Å². The number of amides is 1. The van der Waals surface area contributed by atoms with Gasteiger partial charge in [-0.2, -0.15) is 0 Å². The lowest BCUT2D eigenvalue weighted by Gasteiger charge is -2.22. The maximum absolute atomic E-state index is 11.9. The summed E-state index contributed by atoms with van der Waals surface area (Å²) >= 11 is 3.40. The molecule has 102 valence electrons. The van der Waals surface area contributed by atoms with Gasteiger partial charge in [0, 0.05) is 16.2 Å². The largest absolute Gasteiger partial charge is 0.325 e. The molecule has 2 aliphatic carbocycles. The molecule has 0 aromatic heterocycles. The van der Waals surface area contributed by atoms with Gasteiger partial charge in [-0.05, 0) is 49.3 Å². The first kappa shape index (κ1) is 13.1. The second-order valence-electron chi connectivity index (χ2n) is 5.72. The fraction of sp³-hybridized carbons (Fsp3) is 0.533. The van der Waals surface area contributed by atoms with E-state index < -0.39 is 0 Å². The lowest BCUT2D eigenvalue weighted by Crippen LogP contribution is -2.39. The number of fused-ring (bicyclic) bond motifs is 2. The van der Waals surface area contributed by atoms with Gasteiger partial charge in [-0.15, -0.1) is 0 Å². The van der Waals surface area contributed by atoms with E-state index in [0.29, 0.717) is 12.6 Å². The van der Waals surface area contributed by atoms with Crippen LogP contribution in [0.25, 0.3) is 0 Å². The van der Waals surface area contributed by atoms with Gasteiger partial charge < -0.3 is 10.6 Å². The van der Waals surface area contributed by atoms with Crippen molar-refractivity contribution in [3.8, 4) is 0 Å². The molecule has 1 aromatic rings. The number of nitrogens with one attached hydrogen (secondary N) is 2. The highest BCUT2D eigenvalue weighted by Gasteiger charge is 2.39. The van der Waals surface area contributed by atoms with Crippen LogP contribution < -0.4 is 10.6 Å². The van der Waals surface area contributed by atoms with E-state index in [4.69, 9.17) is 0 Å². The highest BCUT2D eigenvalue weighted by Crippen LogP contribution is 2.44. The van der Waals surface area contributed by atoms with Crippen LogP contribution in [0.3, 0.4) is 0 Å². The van der Waals surface area contributed by atoms with Gasteiger partial charge in [-0.3, -0.25) is 4.79 Å². The molecule has 2 fully saturated rings. The predicted octanol–water partition coefficient (Wildman–Crippen LogP) is 3.17. The third kappa shape index (κ3) is 3.18. The quantitative estimate of drug-likeness (QED) is 0.894. The Morgan fingerprint density at radius 3 is 2.89 bits per heavy atom. The van der Waals surface area contributed by atoms with Crippen molar-refractivity contribution in [1.82, 2.24) is 5.32 Å². The van der Waals surface area contributed by atoms with Crippen molar-refractivity contribution < 1.29 is 4.79 Å². The number of anilines is 1. The van der Waals surface area contributed by atoms with Crippen LogP contribution in [0.2, 0.25) is 0 Å². The van der Waals surface area contributed by atoms with Crippen molar-refractivity contribution in [3.05, 3.63) is 28.7 Å². The molecule has 0 radical (unpaired) electrons. The molecular formula is C15H19BrN2O. The number of halogens is 1. The van der Waals surface area contributed by atoms with E-state index in [1.165, 1.54) is 25.7 Å². The van der Waals surface area contributed by atoms with Gasteiger partial charge in [-0.25, -0.2) is 0 Å². The van der Waals surface area contributed by atoms with E-state index in [2.05, 4.69) is 26.6 Å². The van der Waals surface area contributed by atoms with Crippen LogP contribution in [-0.2, 0) is 4.79 Å². The Balaban J connectivity index is 1.47. The maximum atomic E-state index is 11.9. The molecule has 1 aromatic carbocycles. The van der Waals surface area contributed by atoms with E-state index in [9.17, 15) is 4.79 Å². The molecule has 0 heterocycles. The van der Waals surface area contributed by atoms with Crippen molar-refractivity contribution in [2.24, 2.45) is 11.8 Å². The first-order valence-electron chi connectivity index (χ1n) is 6.99. The molecule has 2 bridgehead atoms. The van der Waals surface area contributed by atoms with Gasteiger partial charge in [0.25, 0.3) is 0 Å². The first-order valence-corrected chi connectivity index (χ1v) is 7.79. The van der Waals surface area contributed by atoms with Gasteiger partial charge in [-0.1, -0.05) is 28.4 Å². The summed E-state index contributed by atoms with van der Waals surface area (Å²) in [5.41, 5.74) is 0.842. The van der Waals surface area contributed by atoms with Gasteiger partial charge >= 0.3 is 0 Å². The maximum Gasteiger partial charge on any atom is 0.238 e. The van der Waals surface area contributed by atoms with Gasteiger partial charge in [0.2, 0.25) is 5.91 Å². The third-order valence-electron chi connectivity index (χ3n) is 4.37. The lowest BCUT2D eigenvalue weighted by molar-refractivity contribution is -0.115. The average molecular weight is 323 g/mol. The summed E-state index contributed by atoms with van der Waals surface area (Å²) in [6, 6.07) is 8.24. The summed E-state index contributed by atoms with van der Waals surface area (Å²) in [6.07, 6.45) is 5.36. The van der Waals surface area contributed by atoms with Crippen molar-refractivity contribution in [2.75, 3.05) is 11.9 Å². The molecule has 1 amide bonds. The molecule has 0 saturated heterocycles.